The van der Waals surface area contributed by atoms with Gasteiger partial charge in [0.2, 0.25) is 0 Å². The molecule has 2 aliphatic rings. The van der Waals surface area contributed by atoms with Gasteiger partial charge in [-0.1, -0.05) is 6.92 Å². The van der Waals surface area contributed by atoms with Crippen LogP contribution in [0.1, 0.15) is 32.6 Å². The Bertz CT molecular complexity index is 218. The third kappa shape index (κ3) is 3.19. The van der Waals surface area contributed by atoms with E-state index >= 15 is 0 Å². The number of rotatable bonds is 5. The smallest absolute Gasteiger partial charge is 0.0578 e. The fraction of sp³-hybridized carbons (Fsp3) is 1.00. The van der Waals surface area contributed by atoms with Crippen LogP contribution in [-0.4, -0.2) is 48.8 Å². The lowest BCUT2D eigenvalue weighted by atomic mass is 9.88. The molecular weight excluding hydrogens is 200 g/mol. The summed E-state index contributed by atoms with van der Waals surface area (Å²) < 4.78 is 0. The van der Waals surface area contributed by atoms with Crippen molar-refractivity contribution in [2.45, 2.75) is 44.8 Å². The van der Waals surface area contributed by atoms with E-state index in [2.05, 4.69) is 17.1 Å². The number of nitrogens with zero attached hydrogens (tertiary/aromatic N) is 1. The largest absolute Gasteiger partial charge is 0.393 e. The molecule has 0 aromatic heterocycles. The highest BCUT2D eigenvalue weighted by molar-refractivity contribution is 4.88. The zero-order valence-electron chi connectivity index (χ0n) is 10.7. The minimum absolute atomic E-state index is 0.113. The third-order valence-electron chi connectivity index (χ3n) is 4.14. The Morgan fingerprint density at radius 3 is 2.69 bits per heavy atom. The summed E-state index contributed by atoms with van der Waals surface area (Å²) in [7, 11) is 2.04. The first-order chi connectivity index (χ1) is 7.72. The summed E-state index contributed by atoms with van der Waals surface area (Å²) in [5.41, 5.74) is 0. The molecule has 0 spiro atoms. The minimum atomic E-state index is -0.113. The number of piperidine rings is 1. The summed E-state index contributed by atoms with van der Waals surface area (Å²) in [6, 6.07) is 0.568. The van der Waals surface area contributed by atoms with Crippen LogP contribution < -0.4 is 5.32 Å². The number of aliphatic hydroxyl groups excluding tert-OH is 1. The van der Waals surface area contributed by atoms with Crippen molar-refractivity contribution in [3.8, 4) is 0 Å². The number of likely N-dealkylation sites (N-methyl/N-ethyl adjacent to an activating group) is 1. The predicted molar refractivity (Wildman–Crippen MR) is 66.4 cm³/mol. The van der Waals surface area contributed by atoms with Gasteiger partial charge >= 0.3 is 0 Å². The van der Waals surface area contributed by atoms with Gasteiger partial charge in [0, 0.05) is 25.7 Å². The van der Waals surface area contributed by atoms with E-state index in [4.69, 9.17) is 0 Å². The van der Waals surface area contributed by atoms with Gasteiger partial charge in [0.05, 0.1) is 6.10 Å². The van der Waals surface area contributed by atoms with Crippen LogP contribution >= 0.6 is 0 Å². The summed E-state index contributed by atoms with van der Waals surface area (Å²) in [4.78, 5) is 2.56. The third-order valence-corrected chi connectivity index (χ3v) is 4.14. The summed E-state index contributed by atoms with van der Waals surface area (Å²) >= 11 is 0. The maximum absolute atomic E-state index is 10.0. The molecule has 0 bridgehead atoms. The molecular formula is C13H26N2O. The van der Waals surface area contributed by atoms with Crippen LogP contribution in [0.2, 0.25) is 0 Å². The molecule has 2 N–H and O–H groups in total. The second kappa shape index (κ2) is 5.48. The van der Waals surface area contributed by atoms with E-state index in [9.17, 15) is 5.11 Å². The van der Waals surface area contributed by atoms with E-state index in [1.807, 2.05) is 7.05 Å². The zero-order valence-corrected chi connectivity index (χ0v) is 10.7. The number of hydrogen-bond acceptors (Lipinski definition) is 3. The molecule has 0 radical (unpaired) electrons. The van der Waals surface area contributed by atoms with E-state index < -0.39 is 0 Å². The highest BCUT2D eigenvalue weighted by Crippen LogP contribution is 2.31. The minimum Gasteiger partial charge on any atom is -0.393 e. The highest BCUT2D eigenvalue weighted by atomic mass is 16.3. The van der Waals surface area contributed by atoms with Gasteiger partial charge in [0.15, 0.2) is 0 Å². The Morgan fingerprint density at radius 2 is 2.12 bits per heavy atom. The lowest BCUT2D eigenvalue weighted by molar-refractivity contribution is 0.0353. The van der Waals surface area contributed by atoms with E-state index in [0.29, 0.717) is 12.0 Å². The van der Waals surface area contributed by atoms with Crippen LogP contribution in [0.3, 0.4) is 0 Å². The first-order valence-corrected chi connectivity index (χ1v) is 6.80. The Hall–Kier alpha value is -0.120. The summed E-state index contributed by atoms with van der Waals surface area (Å²) in [6.45, 7) is 5.60. The van der Waals surface area contributed by atoms with Gasteiger partial charge < -0.3 is 15.3 Å². The molecule has 16 heavy (non-hydrogen) atoms. The first kappa shape index (κ1) is 12.3. The van der Waals surface area contributed by atoms with Gasteiger partial charge in [-0.25, -0.2) is 0 Å². The molecule has 1 saturated carbocycles. The van der Waals surface area contributed by atoms with Crippen LogP contribution in [-0.2, 0) is 0 Å². The number of nitrogens with one attached hydrogen (secondary N) is 1. The molecule has 3 heteroatoms. The van der Waals surface area contributed by atoms with E-state index in [-0.39, 0.29) is 6.10 Å². The Labute approximate surface area is 99.2 Å². The molecule has 1 aliphatic heterocycles. The second-order valence-electron chi connectivity index (χ2n) is 5.62. The molecule has 94 valence electrons. The Kier molecular flexibility index (Phi) is 4.22. The number of hydrogen-bond donors (Lipinski definition) is 2. The van der Waals surface area contributed by atoms with Crippen molar-refractivity contribution in [2.24, 2.45) is 11.8 Å². The van der Waals surface area contributed by atoms with Gasteiger partial charge in [0.25, 0.3) is 0 Å². The summed E-state index contributed by atoms with van der Waals surface area (Å²) in [6.07, 6.45) is 4.74. The van der Waals surface area contributed by atoms with Crippen LogP contribution in [0, 0.1) is 11.8 Å². The van der Waals surface area contributed by atoms with Gasteiger partial charge in [-0.2, -0.15) is 0 Å². The van der Waals surface area contributed by atoms with Crippen LogP contribution in [0.5, 0.6) is 0 Å². The molecule has 3 unspecified atom stereocenters. The van der Waals surface area contributed by atoms with E-state index in [1.165, 1.54) is 25.9 Å². The van der Waals surface area contributed by atoms with E-state index in [0.717, 1.165) is 25.3 Å². The molecule has 2 fully saturated rings. The SMILES string of the molecule is CCC(O)C1CC(NC)CN(CC2CC2)C1. The topological polar surface area (TPSA) is 35.5 Å². The fourth-order valence-electron chi connectivity index (χ4n) is 2.87. The summed E-state index contributed by atoms with van der Waals surface area (Å²) in [5, 5.41) is 13.4. The van der Waals surface area contributed by atoms with Crippen molar-refractivity contribution < 1.29 is 5.11 Å². The molecule has 0 aromatic carbocycles. The van der Waals surface area contributed by atoms with Crippen LogP contribution in [0.4, 0.5) is 0 Å². The molecule has 1 heterocycles. The molecule has 0 aromatic rings. The van der Waals surface area contributed by atoms with Crippen molar-refractivity contribution >= 4 is 0 Å². The second-order valence-corrected chi connectivity index (χ2v) is 5.62. The van der Waals surface area contributed by atoms with Crippen molar-refractivity contribution in [3.05, 3.63) is 0 Å². The highest BCUT2D eigenvalue weighted by Gasteiger charge is 2.33. The van der Waals surface area contributed by atoms with Crippen LogP contribution in [0.25, 0.3) is 0 Å². The predicted octanol–water partition coefficient (Wildman–Crippen LogP) is 1.08. The first-order valence-electron chi connectivity index (χ1n) is 6.80. The van der Waals surface area contributed by atoms with E-state index in [1.54, 1.807) is 0 Å². The average molecular weight is 226 g/mol. The van der Waals surface area contributed by atoms with Crippen molar-refractivity contribution in [2.75, 3.05) is 26.7 Å². The Balaban J connectivity index is 1.88. The maximum atomic E-state index is 10.0. The fourth-order valence-corrected chi connectivity index (χ4v) is 2.87. The van der Waals surface area contributed by atoms with Crippen molar-refractivity contribution in [3.63, 3.8) is 0 Å². The van der Waals surface area contributed by atoms with Gasteiger partial charge in [-0.3, -0.25) is 0 Å². The van der Waals surface area contributed by atoms with Crippen molar-refractivity contribution in [1.82, 2.24) is 10.2 Å². The lowest BCUT2D eigenvalue weighted by Crippen LogP contribution is -2.51. The molecule has 1 saturated heterocycles. The quantitative estimate of drug-likeness (QED) is 0.736. The Morgan fingerprint density at radius 1 is 1.38 bits per heavy atom. The maximum Gasteiger partial charge on any atom is 0.0578 e. The van der Waals surface area contributed by atoms with Gasteiger partial charge in [-0.15, -0.1) is 0 Å². The molecule has 3 nitrogen and oxygen atoms in total. The molecule has 3 atom stereocenters. The molecule has 1 aliphatic carbocycles. The number of likely N-dealkylation sites (tertiary alicyclic amines) is 1. The molecule has 0 amide bonds. The van der Waals surface area contributed by atoms with Crippen LogP contribution in [0.15, 0.2) is 0 Å². The summed E-state index contributed by atoms with van der Waals surface area (Å²) in [5.74, 6) is 1.42. The van der Waals surface area contributed by atoms with Gasteiger partial charge in [0.1, 0.15) is 0 Å². The zero-order chi connectivity index (χ0) is 11.5. The monoisotopic (exact) mass is 226 g/mol. The molecule has 2 rings (SSSR count). The van der Waals surface area contributed by atoms with Gasteiger partial charge in [-0.05, 0) is 44.6 Å². The average Bonchev–Trinajstić information content (AvgIpc) is 3.11. The standard InChI is InChI=1S/C13H26N2O/c1-3-13(16)11-6-12(14-2)9-15(8-11)7-10-4-5-10/h10-14,16H,3-9H2,1-2H3. The van der Waals surface area contributed by atoms with Crippen molar-refractivity contribution in [1.29, 1.82) is 0 Å². The lowest BCUT2D eigenvalue weighted by Gasteiger charge is -2.39. The normalized spacial score (nSPS) is 33.9. The number of aliphatic hydroxyl groups is 1.